The number of hydroxylamine groups is 1. The molecule has 0 aliphatic carbocycles. The Bertz CT molecular complexity index is 897. The Labute approximate surface area is 130 Å². The molecule has 1 N–H and O–H groups in total. The van der Waals surface area contributed by atoms with Crippen molar-refractivity contribution in [3.8, 4) is 11.3 Å². The number of hydrogen-bond acceptors (Lipinski definition) is 5. The van der Waals surface area contributed by atoms with E-state index in [0.29, 0.717) is 10.7 Å². The average molecular weight is 315 g/mol. The van der Waals surface area contributed by atoms with Gasteiger partial charge >= 0.3 is 0 Å². The molecule has 0 bridgehead atoms. The number of benzene rings is 1. The van der Waals surface area contributed by atoms with Crippen molar-refractivity contribution in [1.82, 2.24) is 14.9 Å². The molecule has 6 nitrogen and oxygen atoms in total. The molecule has 0 unspecified atom stereocenters. The first kappa shape index (κ1) is 14.4. The number of hydrogen-bond donors (Lipinski definition) is 1. The van der Waals surface area contributed by atoms with Crippen molar-refractivity contribution < 1.29 is 9.63 Å². The fourth-order valence-corrected chi connectivity index (χ4v) is 2.98. The summed E-state index contributed by atoms with van der Waals surface area (Å²) >= 11 is 1.35. The van der Waals surface area contributed by atoms with Gasteiger partial charge in [0.05, 0.1) is 12.8 Å². The highest BCUT2D eigenvalue weighted by molar-refractivity contribution is 7.15. The second-order valence-corrected chi connectivity index (χ2v) is 5.55. The molecule has 22 heavy (non-hydrogen) atoms. The summed E-state index contributed by atoms with van der Waals surface area (Å²) in [7, 11) is 1.31. The standard InChI is InChI=1S/C15H13N3O3S/c1-9-3-5-10(6-4-9)12-8-22-15-16-7-11(13(19)17-21-2)14(20)18(12)15/h3-8H,1-2H3,(H,17,19). The van der Waals surface area contributed by atoms with E-state index in [-0.39, 0.29) is 5.56 Å². The second kappa shape index (κ2) is 5.70. The van der Waals surface area contributed by atoms with E-state index >= 15 is 0 Å². The highest BCUT2D eigenvalue weighted by Gasteiger charge is 2.16. The summed E-state index contributed by atoms with van der Waals surface area (Å²) in [6, 6.07) is 7.81. The zero-order valence-electron chi connectivity index (χ0n) is 12.0. The number of aryl methyl sites for hydroxylation is 1. The normalized spacial score (nSPS) is 10.8. The van der Waals surface area contributed by atoms with E-state index in [1.807, 2.05) is 36.6 Å². The molecule has 1 aromatic carbocycles. The minimum absolute atomic E-state index is 0.0638. The van der Waals surface area contributed by atoms with E-state index in [4.69, 9.17) is 0 Å². The highest BCUT2D eigenvalue weighted by atomic mass is 32.1. The SMILES string of the molecule is CONC(=O)c1cnc2scc(-c3ccc(C)cc3)n2c1=O. The molecule has 0 aliphatic rings. The summed E-state index contributed by atoms with van der Waals surface area (Å²) in [5, 5.41) is 1.85. The van der Waals surface area contributed by atoms with Crippen molar-refractivity contribution in [3.63, 3.8) is 0 Å². The quantitative estimate of drug-likeness (QED) is 0.751. The molecule has 1 amide bonds. The smallest absolute Gasteiger partial charge is 0.277 e. The summed E-state index contributed by atoms with van der Waals surface area (Å²) in [4.78, 5) is 33.7. The van der Waals surface area contributed by atoms with Gasteiger partial charge in [-0.1, -0.05) is 29.8 Å². The predicted molar refractivity (Wildman–Crippen MR) is 84.0 cm³/mol. The maximum absolute atomic E-state index is 12.6. The van der Waals surface area contributed by atoms with Crippen molar-refractivity contribution in [2.45, 2.75) is 6.92 Å². The summed E-state index contributed by atoms with van der Waals surface area (Å²) in [5.41, 5.74) is 4.39. The van der Waals surface area contributed by atoms with Crippen molar-refractivity contribution in [1.29, 1.82) is 0 Å². The number of rotatable bonds is 3. The third-order valence-electron chi connectivity index (χ3n) is 3.23. The van der Waals surface area contributed by atoms with Gasteiger partial charge in [-0.05, 0) is 12.5 Å². The predicted octanol–water partition coefficient (Wildman–Crippen LogP) is 2.02. The van der Waals surface area contributed by atoms with Crippen LogP contribution in [0, 0.1) is 6.92 Å². The molecule has 2 heterocycles. The number of amides is 1. The Balaban J connectivity index is 2.21. The van der Waals surface area contributed by atoms with Gasteiger partial charge in [0.15, 0.2) is 4.96 Å². The minimum atomic E-state index is -0.615. The first-order valence-electron chi connectivity index (χ1n) is 6.51. The zero-order chi connectivity index (χ0) is 15.7. The molecule has 112 valence electrons. The van der Waals surface area contributed by atoms with E-state index in [0.717, 1.165) is 11.1 Å². The van der Waals surface area contributed by atoms with Gasteiger partial charge in [0.25, 0.3) is 11.5 Å². The third kappa shape index (κ3) is 2.40. The topological polar surface area (TPSA) is 72.7 Å². The molecular weight excluding hydrogens is 302 g/mol. The van der Waals surface area contributed by atoms with Crippen LogP contribution in [0.2, 0.25) is 0 Å². The van der Waals surface area contributed by atoms with Gasteiger partial charge < -0.3 is 0 Å². The van der Waals surface area contributed by atoms with Crippen LogP contribution in [0.3, 0.4) is 0 Å². The molecule has 0 fully saturated rings. The number of thiazole rings is 1. The molecule has 0 atom stereocenters. The molecule has 0 saturated carbocycles. The number of aromatic nitrogens is 2. The summed E-state index contributed by atoms with van der Waals surface area (Å²) < 4.78 is 1.44. The fraction of sp³-hybridized carbons (Fsp3) is 0.133. The van der Waals surface area contributed by atoms with Crippen LogP contribution in [-0.4, -0.2) is 22.4 Å². The van der Waals surface area contributed by atoms with E-state index in [1.54, 1.807) is 0 Å². The largest absolute Gasteiger partial charge is 0.282 e. The Morgan fingerprint density at radius 2 is 2.05 bits per heavy atom. The molecular formula is C15H13N3O3S. The maximum Gasteiger partial charge on any atom is 0.282 e. The van der Waals surface area contributed by atoms with Crippen LogP contribution in [-0.2, 0) is 4.84 Å². The van der Waals surface area contributed by atoms with Crippen LogP contribution in [0.1, 0.15) is 15.9 Å². The minimum Gasteiger partial charge on any atom is -0.277 e. The zero-order valence-corrected chi connectivity index (χ0v) is 12.8. The van der Waals surface area contributed by atoms with Gasteiger partial charge in [-0.25, -0.2) is 10.5 Å². The maximum atomic E-state index is 12.6. The monoisotopic (exact) mass is 315 g/mol. The lowest BCUT2D eigenvalue weighted by molar-refractivity contribution is 0.0535. The van der Waals surface area contributed by atoms with Gasteiger partial charge in [0.2, 0.25) is 0 Å². The Morgan fingerprint density at radius 3 is 2.73 bits per heavy atom. The van der Waals surface area contributed by atoms with Crippen LogP contribution < -0.4 is 11.0 Å². The Morgan fingerprint density at radius 1 is 1.32 bits per heavy atom. The van der Waals surface area contributed by atoms with Gasteiger partial charge in [0.1, 0.15) is 5.56 Å². The molecule has 2 aromatic heterocycles. The molecule has 0 radical (unpaired) electrons. The molecule has 3 rings (SSSR count). The number of carbonyl (C=O) groups excluding carboxylic acids is 1. The van der Waals surface area contributed by atoms with Crippen LogP contribution in [0.25, 0.3) is 16.2 Å². The Kier molecular flexibility index (Phi) is 3.74. The summed E-state index contributed by atoms with van der Waals surface area (Å²) in [6.07, 6.45) is 1.27. The van der Waals surface area contributed by atoms with Crippen molar-refractivity contribution in [2.24, 2.45) is 0 Å². The highest BCUT2D eigenvalue weighted by Crippen LogP contribution is 2.24. The van der Waals surface area contributed by atoms with Crippen LogP contribution in [0.15, 0.2) is 40.6 Å². The number of fused-ring (bicyclic) bond motifs is 1. The Hall–Kier alpha value is -2.51. The van der Waals surface area contributed by atoms with E-state index in [9.17, 15) is 9.59 Å². The van der Waals surface area contributed by atoms with Crippen LogP contribution in [0.5, 0.6) is 0 Å². The van der Waals surface area contributed by atoms with Crippen molar-refractivity contribution >= 4 is 22.2 Å². The average Bonchev–Trinajstić information content (AvgIpc) is 2.93. The first-order valence-corrected chi connectivity index (χ1v) is 7.39. The lowest BCUT2D eigenvalue weighted by atomic mass is 10.1. The molecule has 7 heteroatoms. The van der Waals surface area contributed by atoms with Gasteiger partial charge in [-0.15, -0.1) is 11.3 Å². The van der Waals surface area contributed by atoms with E-state index < -0.39 is 11.5 Å². The molecule has 0 spiro atoms. The summed E-state index contributed by atoms with van der Waals surface area (Å²) in [6.45, 7) is 2.00. The van der Waals surface area contributed by atoms with Crippen LogP contribution in [0.4, 0.5) is 0 Å². The number of nitrogens with one attached hydrogen (secondary N) is 1. The van der Waals surface area contributed by atoms with Crippen LogP contribution >= 0.6 is 11.3 Å². The van der Waals surface area contributed by atoms with Crippen molar-refractivity contribution in [2.75, 3.05) is 7.11 Å². The second-order valence-electron chi connectivity index (χ2n) is 4.72. The van der Waals surface area contributed by atoms with Gasteiger partial charge in [-0.3, -0.25) is 18.8 Å². The number of nitrogens with zero attached hydrogens (tertiary/aromatic N) is 2. The molecule has 3 aromatic rings. The molecule has 0 saturated heterocycles. The first-order chi connectivity index (χ1) is 10.6. The molecule has 0 aliphatic heterocycles. The number of carbonyl (C=O) groups is 1. The van der Waals surface area contributed by atoms with E-state index in [2.05, 4.69) is 15.3 Å². The van der Waals surface area contributed by atoms with E-state index in [1.165, 1.54) is 29.0 Å². The lowest BCUT2D eigenvalue weighted by Crippen LogP contribution is -2.30. The lowest BCUT2D eigenvalue weighted by Gasteiger charge is -2.04. The fourth-order valence-electron chi connectivity index (χ4n) is 2.12. The van der Waals surface area contributed by atoms with Crippen molar-refractivity contribution in [3.05, 3.63) is 57.3 Å². The van der Waals surface area contributed by atoms with Gasteiger partial charge in [-0.2, -0.15) is 0 Å². The van der Waals surface area contributed by atoms with Gasteiger partial charge in [0, 0.05) is 11.6 Å². The third-order valence-corrected chi connectivity index (χ3v) is 4.07. The summed E-state index contributed by atoms with van der Waals surface area (Å²) in [5.74, 6) is -0.615.